The van der Waals surface area contributed by atoms with Crippen LogP contribution in [0.2, 0.25) is 0 Å². The van der Waals surface area contributed by atoms with Gasteiger partial charge < -0.3 is 25.5 Å². The largest absolute Gasteiger partial charge is 0.490 e. The van der Waals surface area contributed by atoms with E-state index < -0.39 is 12.1 Å². The molecule has 3 aromatic heterocycles. The average molecular weight is 599 g/mol. The number of nitrogens with one attached hydrogen (secondary N) is 2. The molecule has 1 aliphatic rings. The molecule has 1 saturated heterocycles. The lowest BCUT2D eigenvalue weighted by atomic mass is 10.0. The van der Waals surface area contributed by atoms with Gasteiger partial charge in [-0.05, 0) is 69.8 Å². The van der Waals surface area contributed by atoms with Crippen molar-refractivity contribution in [2.75, 3.05) is 43.9 Å². The molecule has 3 N–H and O–H groups in total. The van der Waals surface area contributed by atoms with Crippen LogP contribution in [0.3, 0.4) is 0 Å². The molecule has 4 heterocycles. The Morgan fingerprint density at radius 1 is 1.12 bits per heavy atom. The molecule has 14 heteroatoms. The number of hydrogen-bond donors (Lipinski definition) is 3. The second kappa shape index (κ2) is 13.5. The zero-order chi connectivity index (χ0) is 31.1. The summed E-state index contributed by atoms with van der Waals surface area (Å²) in [6.07, 6.45) is 0.786. The number of fused-ring (bicyclic) bond motifs is 1. The smallest absolute Gasteiger partial charge is 0.475 e. The third-order valence-corrected chi connectivity index (χ3v) is 6.79. The first-order valence-electron chi connectivity index (χ1n) is 13.6. The van der Waals surface area contributed by atoms with Gasteiger partial charge in [0.05, 0.1) is 5.69 Å². The lowest BCUT2D eigenvalue weighted by molar-refractivity contribution is -0.192. The summed E-state index contributed by atoms with van der Waals surface area (Å²) in [5.74, 6) is -1.08. The standard InChI is InChI=1S/C27H32N8O.C2HF3O2/c1-19-6-5-14-34(19)25-8-4-7-24(32-25)31-23-16-22(17-35-26(23)29-18-30-35)20-9-11-21(12-10-20)27(36)28-13-15-33(2)3;3-2(4,5)1(6)7/h4,7-12,16-19H,5-6,13-15H2,1-3H3,(H,28,36)(H,31,32);(H,6,7). The molecule has 0 saturated carbocycles. The van der Waals surface area contributed by atoms with E-state index in [1.165, 1.54) is 12.8 Å². The number of carboxylic acid groups (broad SMARTS) is 1. The molecule has 1 amide bonds. The molecule has 11 nitrogen and oxygen atoms in total. The third-order valence-electron chi connectivity index (χ3n) is 6.79. The number of hydrogen-bond acceptors (Lipinski definition) is 8. The summed E-state index contributed by atoms with van der Waals surface area (Å²) in [7, 11) is 3.97. The number of aromatic nitrogens is 4. The molecule has 1 fully saturated rings. The molecule has 1 atom stereocenters. The molecule has 228 valence electrons. The van der Waals surface area contributed by atoms with E-state index in [1.807, 2.05) is 67.7 Å². The van der Waals surface area contributed by atoms with Crippen molar-refractivity contribution in [2.24, 2.45) is 0 Å². The van der Waals surface area contributed by atoms with Crippen LogP contribution < -0.4 is 15.5 Å². The van der Waals surface area contributed by atoms with Crippen molar-refractivity contribution in [3.8, 4) is 11.1 Å². The number of amides is 1. The predicted molar refractivity (Wildman–Crippen MR) is 157 cm³/mol. The minimum atomic E-state index is -5.08. The normalized spacial score (nSPS) is 14.9. The van der Waals surface area contributed by atoms with E-state index in [0.717, 1.165) is 47.2 Å². The van der Waals surface area contributed by atoms with E-state index in [1.54, 1.807) is 10.8 Å². The molecule has 0 radical (unpaired) electrons. The zero-order valence-corrected chi connectivity index (χ0v) is 24.0. The van der Waals surface area contributed by atoms with Crippen molar-refractivity contribution in [3.63, 3.8) is 0 Å². The van der Waals surface area contributed by atoms with Gasteiger partial charge in [-0.2, -0.15) is 18.3 Å². The summed E-state index contributed by atoms with van der Waals surface area (Å²) < 4.78 is 33.5. The van der Waals surface area contributed by atoms with Crippen LogP contribution in [0.5, 0.6) is 0 Å². The summed E-state index contributed by atoms with van der Waals surface area (Å²) in [4.78, 5) is 35.0. The number of halogens is 3. The second-order valence-corrected chi connectivity index (χ2v) is 10.3. The maximum atomic E-state index is 12.4. The van der Waals surface area contributed by atoms with E-state index in [-0.39, 0.29) is 5.91 Å². The quantitative estimate of drug-likeness (QED) is 0.270. The number of carbonyl (C=O) groups excluding carboxylic acids is 1. The number of likely N-dealkylation sites (N-methyl/N-ethyl adjacent to an activating group) is 1. The van der Waals surface area contributed by atoms with E-state index in [9.17, 15) is 18.0 Å². The molecule has 0 spiro atoms. The third kappa shape index (κ3) is 8.19. The molecular weight excluding hydrogens is 565 g/mol. The van der Waals surface area contributed by atoms with Gasteiger partial charge in [-0.15, -0.1) is 0 Å². The number of nitrogens with zero attached hydrogens (tertiary/aromatic N) is 6. The molecule has 5 rings (SSSR count). The van der Waals surface area contributed by atoms with Crippen LogP contribution in [0.15, 0.2) is 61.1 Å². The van der Waals surface area contributed by atoms with Crippen molar-refractivity contribution in [2.45, 2.75) is 32.0 Å². The lowest BCUT2D eigenvalue weighted by Crippen LogP contribution is -2.31. The zero-order valence-electron chi connectivity index (χ0n) is 24.0. The van der Waals surface area contributed by atoms with Crippen LogP contribution >= 0.6 is 0 Å². The van der Waals surface area contributed by atoms with E-state index in [0.29, 0.717) is 18.2 Å². The summed E-state index contributed by atoms with van der Waals surface area (Å²) in [6.45, 7) is 4.69. The van der Waals surface area contributed by atoms with Gasteiger partial charge in [-0.25, -0.2) is 19.3 Å². The molecule has 0 bridgehead atoms. The highest BCUT2D eigenvalue weighted by molar-refractivity contribution is 5.94. The number of alkyl halides is 3. The summed E-state index contributed by atoms with van der Waals surface area (Å²) >= 11 is 0. The molecule has 43 heavy (non-hydrogen) atoms. The number of rotatable bonds is 8. The maximum Gasteiger partial charge on any atom is 0.490 e. The Labute approximate surface area is 246 Å². The number of anilines is 3. The Hall–Kier alpha value is -4.72. The Kier molecular flexibility index (Phi) is 9.80. The monoisotopic (exact) mass is 598 g/mol. The van der Waals surface area contributed by atoms with Gasteiger partial charge in [0.1, 0.15) is 18.0 Å². The maximum absolute atomic E-state index is 12.4. The van der Waals surface area contributed by atoms with Crippen LogP contribution in [0.4, 0.5) is 30.5 Å². The van der Waals surface area contributed by atoms with Crippen molar-refractivity contribution >= 4 is 34.8 Å². The molecule has 1 unspecified atom stereocenters. The van der Waals surface area contributed by atoms with Gasteiger partial charge in [0.25, 0.3) is 5.91 Å². The minimum absolute atomic E-state index is 0.0734. The van der Waals surface area contributed by atoms with Gasteiger partial charge in [0.15, 0.2) is 5.65 Å². The van der Waals surface area contributed by atoms with Crippen LogP contribution in [0.1, 0.15) is 30.1 Å². The minimum Gasteiger partial charge on any atom is -0.475 e. The van der Waals surface area contributed by atoms with Gasteiger partial charge in [-0.3, -0.25) is 4.79 Å². The highest BCUT2D eigenvalue weighted by Gasteiger charge is 2.38. The molecule has 0 aliphatic carbocycles. The Morgan fingerprint density at radius 2 is 1.84 bits per heavy atom. The van der Waals surface area contributed by atoms with E-state index in [4.69, 9.17) is 14.9 Å². The first-order valence-corrected chi connectivity index (χ1v) is 13.6. The molecule has 1 aliphatic heterocycles. The Bertz CT molecular complexity index is 1560. The molecule has 1 aromatic carbocycles. The Balaban J connectivity index is 0.000000541. The summed E-state index contributed by atoms with van der Waals surface area (Å²) in [5, 5.41) is 17.9. The van der Waals surface area contributed by atoms with Crippen molar-refractivity contribution in [1.82, 2.24) is 29.8 Å². The first kappa shape index (κ1) is 31.2. The number of pyridine rings is 2. The SMILES string of the molecule is CC1CCCN1c1cccc(Nc2cc(-c3ccc(C(=O)NCCN(C)C)cc3)cn3ncnc23)n1.O=C(O)C(F)(F)F. The van der Waals surface area contributed by atoms with Crippen molar-refractivity contribution in [3.05, 3.63) is 66.6 Å². The van der Waals surface area contributed by atoms with Crippen molar-refractivity contribution < 1.29 is 27.9 Å². The van der Waals surface area contributed by atoms with Gasteiger partial charge in [0, 0.05) is 43.0 Å². The van der Waals surface area contributed by atoms with Gasteiger partial charge in [-0.1, -0.05) is 18.2 Å². The fourth-order valence-corrected chi connectivity index (χ4v) is 4.55. The van der Waals surface area contributed by atoms with Crippen molar-refractivity contribution in [1.29, 1.82) is 0 Å². The van der Waals surface area contributed by atoms with E-state index >= 15 is 0 Å². The van der Waals surface area contributed by atoms with Crippen LogP contribution in [-0.2, 0) is 4.79 Å². The summed E-state index contributed by atoms with van der Waals surface area (Å²) in [5.41, 5.74) is 4.11. The number of carbonyl (C=O) groups is 2. The Morgan fingerprint density at radius 3 is 2.47 bits per heavy atom. The average Bonchev–Trinajstić information content (AvgIpc) is 3.62. The fourth-order valence-electron chi connectivity index (χ4n) is 4.55. The second-order valence-electron chi connectivity index (χ2n) is 10.3. The predicted octanol–water partition coefficient (Wildman–Crippen LogP) is 4.45. The molecule has 4 aromatic rings. The van der Waals surface area contributed by atoms with Crippen LogP contribution in [0.25, 0.3) is 16.8 Å². The topological polar surface area (TPSA) is 128 Å². The molecular formula is C29H33F3N8O3. The van der Waals surface area contributed by atoms with Gasteiger partial charge in [0.2, 0.25) is 0 Å². The number of carboxylic acids is 1. The van der Waals surface area contributed by atoms with Gasteiger partial charge >= 0.3 is 12.1 Å². The summed E-state index contributed by atoms with van der Waals surface area (Å²) in [6, 6.07) is 16.2. The van der Waals surface area contributed by atoms with Crippen LogP contribution in [0, 0.1) is 0 Å². The highest BCUT2D eigenvalue weighted by atomic mass is 19.4. The number of aliphatic carboxylic acids is 1. The van der Waals surface area contributed by atoms with Crippen LogP contribution in [-0.4, -0.2) is 87.4 Å². The fraction of sp³-hybridized carbons (Fsp3) is 0.345. The highest BCUT2D eigenvalue weighted by Crippen LogP contribution is 2.29. The number of benzene rings is 1. The van der Waals surface area contributed by atoms with E-state index in [2.05, 4.69) is 38.6 Å². The first-order chi connectivity index (χ1) is 20.4. The lowest BCUT2D eigenvalue weighted by Gasteiger charge is -2.23.